The number of carboxylic acids is 1. The van der Waals surface area contributed by atoms with Crippen LogP contribution in [0.25, 0.3) is 0 Å². The second-order valence-electron chi connectivity index (χ2n) is 6.10. The summed E-state index contributed by atoms with van der Waals surface area (Å²) in [4.78, 5) is 24.1. The van der Waals surface area contributed by atoms with E-state index in [1.807, 2.05) is 12.1 Å². The summed E-state index contributed by atoms with van der Waals surface area (Å²) in [5.74, 6) is -1.03. The summed E-state index contributed by atoms with van der Waals surface area (Å²) in [5.41, 5.74) is 0.398. The lowest BCUT2D eigenvalue weighted by molar-refractivity contribution is -0.154. The minimum atomic E-state index is -1.34. The van der Waals surface area contributed by atoms with E-state index in [9.17, 15) is 14.7 Å². The highest BCUT2D eigenvalue weighted by molar-refractivity contribution is 5.82. The molecule has 1 atom stereocenters. The molecule has 4 nitrogen and oxygen atoms in total. The third-order valence-electron chi connectivity index (χ3n) is 3.77. The lowest BCUT2D eigenvalue weighted by Gasteiger charge is -2.35. The molecule has 1 unspecified atom stereocenters. The van der Waals surface area contributed by atoms with Gasteiger partial charge < -0.3 is 10.0 Å². The molecular formula is C16H23NO3. The fourth-order valence-electron chi connectivity index (χ4n) is 2.20. The summed E-state index contributed by atoms with van der Waals surface area (Å²) < 4.78 is 0. The average Bonchev–Trinajstić information content (AvgIpc) is 2.38. The molecule has 0 aliphatic rings. The number of carbonyl (C=O) groups excluding carboxylic acids is 1. The smallest absolute Gasteiger partial charge is 0.334 e. The van der Waals surface area contributed by atoms with Crippen LogP contribution in [0.4, 0.5) is 0 Å². The van der Waals surface area contributed by atoms with Gasteiger partial charge in [0.25, 0.3) is 0 Å². The van der Waals surface area contributed by atoms with Crippen LogP contribution in [0, 0.1) is 0 Å². The number of nitrogens with zero attached hydrogens (tertiary/aromatic N) is 1. The number of amides is 1. The number of hydrogen-bond donors (Lipinski definition) is 1. The summed E-state index contributed by atoms with van der Waals surface area (Å²) in [5, 5.41) is 9.55. The third kappa shape index (κ3) is 2.84. The number of hydrogen-bond acceptors (Lipinski definition) is 2. The molecule has 1 rings (SSSR count). The first-order chi connectivity index (χ1) is 9.17. The zero-order chi connectivity index (χ0) is 15.6. The van der Waals surface area contributed by atoms with Gasteiger partial charge in [-0.25, -0.2) is 4.79 Å². The predicted octanol–water partition coefficient (Wildman–Crippen LogP) is 2.76. The Morgan fingerprint density at radius 3 is 1.90 bits per heavy atom. The van der Waals surface area contributed by atoms with E-state index in [-0.39, 0.29) is 5.41 Å². The molecule has 1 aromatic rings. The van der Waals surface area contributed by atoms with Crippen molar-refractivity contribution in [1.82, 2.24) is 4.90 Å². The van der Waals surface area contributed by atoms with E-state index in [4.69, 9.17) is 0 Å². The van der Waals surface area contributed by atoms with Crippen LogP contribution in [0.15, 0.2) is 24.3 Å². The lowest BCUT2D eigenvalue weighted by atomic mass is 9.83. The van der Waals surface area contributed by atoms with E-state index >= 15 is 0 Å². The van der Waals surface area contributed by atoms with Crippen molar-refractivity contribution in [2.75, 3.05) is 6.54 Å². The van der Waals surface area contributed by atoms with E-state index in [2.05, 4.69) is 20.8 Å². The van der Waals surface area contributed by atoms with Gasteiger partial charge in [0.05, 0.1) is 0 Å². The molecule has 110 valence electrons. The van der Waals surface area contributed by atoms with Gasteiger partial charge in [-0.3, -0.25) is 4.79 Å². The highest BCUT2D eigenvalue weighted by Crippen LogP contribution is 2.30. The summed E-state index contributed by atoms with van der Waals surface area (Å²) in [6.07, 6.45) is 0.589. The molecule has 0 aliphatic heterocycles. The van der Waals surface area contributed by atoms with Gasteiger partial charge in [0.1, 0.15) is 0 Å². The Hall–Kier alpha value is -1.84. The van der Waals surface area contributed by atoms with Crippen molar-refractivity contribution < 1.29 is 14.7 Å². The first-order valence-electron chi connectivity index (χ1n) is 6.74. The van der Waals surface area contributed by atoms with Gasteiger partial charge in [0.15, 0.2) is 5.54 Å². The molecule has 0 spiro atoms. The Morgan fingerprint density at radius 2 is 1.60 bits per heavy atom. The van der Waals surface area contributed by atoms with E-state index < -0.39 is 11.5 Å². The Labute approximate surface area is 120 Å². The van der Waals surface area contributed by atoms with Crippen molar-refractivity contribution in [2.24, 2.45) is 0 Å². The molecule has 0 aromatic heterocycles. The highest BCUT2D eigenvalue weighted by Gasteiger charge is 2.40. The minimum absolute atomic E-state index is 0.00720. The van der Waals surface area contributed by atoms with Crippen LogP contribution in [0.1, 0.15) is 45.7 Å². The summed E-state index contributed by atoms with van der Waals surface area (Å²) in [7, 11) is 0. The van der Waals surface area contributed by atoms with Crippen LogP contribution in [0.3, 0.4) is 0 Å². The molecule has 0 fully saturated rings. The molecule has 1 amide bonds. The predicted molar refractivity (Wildman–Crippen MR) is 78.6 cm³/mol. The van der Waals surface area contributed by atoms with Crippen molar-refractivity contribution in [2.45, 2.75) is 45.6 Å². The molecule has 0 aliphatic carbocycles. The zero-order valence-electron chi connectivity index (χ0n) is 12.8. The van der Waals surface area contributed by atoms with E-state index in [0.717, 1.165) is 5.56 Å². The Balaban J connectivity index is 3.30. The maximum atomic E-state index is 11.7. The van der Waals surface area contributed by atoms with Gasteiger partial charge in [-0.2, -0.15) is 0 Å². The molecule has 1 N–H and O–H groups in total. The largest absolute Gasteiger partial charge is 0.479 e. The van der Waals surface area contributed by atoms with E-state index in [1.54, 1.807) is 26.0 Å². The fraction of sp³-hybridized carbons (Fsp3) is 0.500. The summed E-state index contributed by atoms with van der Waals surface area (Å²) in [6.45, 7) is 9.96. The topological polar surface area (TPSA) is 57.6 Å². The van der Waals surface area contributed by atoms with Crippen LogP contribution in [0.2, 0.25) is 0 Å². The van der Waals surface area contributed by atoms with Gasteiger partial charge in [-0.15, -0.1) is 0 Å². The molecule has 20 heavy (non-hydrogen) atoms. The van der Waals surface area contributed by atoms with Crippen LogP contribution < -0.4 is 0 Å². The fourth-order valence-corrected chi connectivity index (χ4v) is 2.20. The highest BCUT2D eigenvalue weighted by atomic mass is 16.4. The van der Waals surface area contributed by atoms with E-state index in [1.165, 1.54) is 4.90 Å². The van der Waals surface area contributed by atoms with E-state index in [0.29, 0.717) is 18.5 Å². The zero-order valence-corrected chi connectivity index (χ0v) is 12.8. The number of carbonyl (C=O) groups is 2. The lowest BCUT2D eigenvalue weighted by Crippen LogP contribution is -2.49. The average molecular weight is 277 g/mol. The maximum Gasteiger partial charge on any atom is 0.334 e. The van der Waals surface area contributed by atoms with Gasteiger partial charge in [0.2, 0.25) is 6.41 Å². The standard InChI is InChI=1S/C16H23NO3/c1-6-17(11-18)16(5,14(19)20)13-9-7-12(8-10-13)15(2,3)4/h7-11H,6H2,1-5H3,(H,19,20). The van der Waals surface area contributed by atoms with Crippen LogP contribution >= 0.6 is 0 Å². The van der Waals surface area contributed by atoms with Crippen molar-refractivity contribution in [3.63, 3.8) is 0 Å². The Bertz CT molecular complexity index is 487. The van der Waals surface area contributed by atoms with Gasteiger partial charge in [-0.1, -0.05) is 45.0 Å². The van der Waals surface area contributed by atoms with Crippen LogP contribution in [0.5, 0.6) is 0 Å². The molecule has 0 saturated heterocycles. The van der Waals surface area contributed by atoms with Crippen LogP contribution in [-0.4, -0.2) is 28.9 Å². The van der Waals surface area contributed by atoms with Crippen molar-refractivity contribution in [3.8, 4) is 0 Å². The molecule has 0 heterocycles. The monoisotopic (exact) mass is 277 g/mol. The summed E-state index contributed by atoms with van der Waals surface area (Å²) in [6, 6.07) is 7.44. The molecule has 0 radical (unpaired) electrons. The number of likely N-dealkylation sites (N-methyl/N-ethyl adjacent to an activating group) is 1. The first-order valence-corrected chi connectivity index (χ1v) is 6.74. The van der Waals surface area contributed by atoms with Crippen LogP contribution in [-0.2, 0) is 20.5 Å². The molecule has 0 bridgehead atoms. The molecule has 0 saturated carbocycles. The molecule has 4 heteroatoms. The Kier molecular flexibility index (Phi) is 4.58. The van der Waals surface area contributed by atoms with Crippen molar-refractivity contribution >= 4 is 12.4 Å². The molecular weight excluding hydrogens is 254 g/mol. The van der Waals surface area contributed by atoms with Crippen molar-refractivity contribution in [1.29, 1.82) is 0 Å². The second kappa shape index (κ2) is 5.65. The maximum absolute atomic E-state index is 11.7. The van der Waals surface area contributed by atoms with Gasteiger partial charge in [-0.05, 0) is 30.4 Å². The quantitative estimate of drug-likeness (QED) is 0.842. The SMILES string of the molecule is CCN(C=O)C(C)(C(=O)O)c1ccc(C(C)(C)C)cc1. The van der Waals surface area contributed by atoms with Gasteiger partial charge >= 0.3 is 5.97 Å². The number of benzene rings is 1. The summed E-state index contributed by atoms with van der Waals surface area (Å²) >= 11 is 0. The Morgan fingerprint density at radius 1 is 1.15 bits per heavy atom. The molecule has 1 aromatic carbocycles. The number of rotatable bonds is 5. The first kappa shape index (κ1) is 16.2. The number of carboxylic acid groups (broad SMARTS) is 1. The number of aliphatic carboxylic acids is 1. The third-order valence-corrected chi connectivity index (χ3v) is 3.77. The van der Waals surface area contributed by atoms with Gasteiger partial charge in [0, 0.05) is 6.54 Å². The second-order valence-corrected chi connectivity index (χ2v) is 6.10. The normalized spacial score (nSPS) is 14.4. The minimum Gasteiger partial charge on any atom is -0.479 e. The van der Waals surface area contributed by atoms with Crippen molar-refractivity contribution in [3.05, 3.63) is 35.4 Å².